The third-order valence-corrected chi connectivity index (χ3v) is 5.06. The number of carbonyl (C=O) groups is 2. The molecule has 0 fully saturated rings. The normalized spacial score (nSPS) is 20.1. The Morgan fingerprint density at radius 2 is 1.90 bits per heavy atom. The summed E-state index contributed by atoms with van der Waals surface area (Å²) in [6.07, 6.45) is 0. The van der Waals surface area contributed by atoms with Crippen molar-refractivity contribution in [2.75, 3.05) is 5.32 Å². The van der Waals surface area contributed by atoms with Gasteiger partial charge in [-0.2, -0.15) is 5.26 Å². The van der Waals surface area contributed by atoms with Crippen LogP contribution in [0.25, 0.3) is 0 Å². The Bertz CT molecular complexity index is 1130. The summed E-state index contributed by atoms with van der Waals surface area (Å²) in [5.41, 5.74) is 5.78. The number of rotatable bonds is 3. The van der Waals surface area contributed by atoms with Gasteiger partial charge in [-0.15, -0.1) is 0 Å². The minimum atomic E-state index is -1.72. The van der Waals surface area contributed by atoms with Gasteiger partial charge in [0.15, 0.2) is 5.41 Å². The van der Waals surface area contributed by atoms with Gasteiger partial charge in [0.25, 0.3) is 0 Å². The second-order valence-corrected chi connectivity index (χ2v) is 6.70. The number of nitriles is 1. The van der Waals surface area contributed by atoms with Crippen molar-refractivity contribution in [1.82, 2.24) is 0 Å². The summed E-state index contributed by atoms with van der Waals surface area (Å²) in [7, 11) is 0. The first-order valence-electron chi connectivity index (χ1n) is 8.91. The molecule has 0 saturated heterocycles. The minimum absolute atomic E-state index is 0.0108. The SMILES string of the molecule is CC1=C(C(=O)OCc2ccccc2)C2(C(=O)Nc3ccccc32)C(C#N)=C(N)O1. The summed E-state index contributed by atoms with van der Waals surface area (Å²) >= 11 is 0. The van der Waals surface area contributed by atoms with Crippen LogP contribution < -0.4 is 11.1 Å². The number of esters is 1. The van der Waals surface area contributed by atoms with Crippen LogP contribution >= 0.6 is 0 Å². The number of nitrogens with one attached hydrogen (secondary N) is 1. The Balaban J connectivity index is 1.84. The van der Waals surface area contributed by atoms with E-state index in [1.165, 1.54) is 6.92 Å². The van der Waals surface area contributed by atoms with Crippen molar-refractivity contribution in [3.8, 4) is 6.07 Å². The molecule has 7 nitrogen and oxygen atoms in total. The van der Waals surface area contributed by atoms with Gasteiger partial charge in [0.2, 0.25) is 11.8 Å². The van der Waals surface area contributed by atoms with Crippen LogP contribution in [-0.2, 0) is 31.1 Å². The van der Waals surface area contributed by atoms with Crippen LogP contribution in [0.15, 0.2) is 77.4 Å². The van der Waals surface area contributed by atoms with Gasteiger partial charge in [-0.3, -0.25) is 4.79 Å². The van der Waals surface area contributed by atoms with Crippen LogP contribution in [-0.4, -0.2) is 11.9 Å². The quantitative estimate of drug-likeness (QED) is 0.783. The lowest BCUT2D eigenvalue weighted by molar-refractivity contribution is -0.142. The number of hydrogen-bond acceptors (Lipinski definition) is 6. The molecule has 2 heterocycles. The van der Waals surface area contributed by atoms with Gasteiger partial charge in [0.1, 0.15) is 29.6 Å². The van der Waals surface area contributed by atoms with Crippen LogP contribution in [0.2, 0.25) is 0 Å². The predicted octanol–water partition coefficient (Wildman–Crippen LogP) is 2.62. The second kappa shape index (κ2) is 6.84. The number of fused-ring (bicyclic) bond motifs is 2. The second-order valence-electron chi connectivity index (χ2n) is 6.70. The number of anilines is 1. The summed E-state index contributed by atoms with van der Waals surface area (Å²) in [6, 6.07) is 18.0. The number of nitrogens with zero attached hydrogens (tertiary/aromatic N) is 1. The fourth-order valence-electron chi connectivity index (χ4n) is 3.83. The van der Waals surface area contributed by atoms with E-state index in [9.17, 15) is 14.9 Å². The first kappa shape index (κ1) is 18.3. The zero-order valence-electron chi connectivity index (χ0n) is 15.6. The third-order valence-electron chi connectivity index (χ3n) is 5.06. The molecule has 1 atom stereocenters. The van der Waals surface area contributed by atoms with Crippen LogP contribution in [0.1, 0.15) is 18.1 Å². The van der Waals surface area contributed by atoms with Gasteiger partial charge in [-0.25, -0.2) is 4.79 Å². The van der Waals surface area contributed by atoms with E-state index in [1.807, 2.05) is 36.4 Å². The molecule has 0 bridgehead atoms. The van der Waals surface area contributed by atoms with Gasteiger partial charge in [0.05, 0.1) is 0 Å². The van der Waals surface area contributed by atoms with Crippen LogP contribution in [0.4, 0.5) is 5.69 Å². The zero-order valence-corrected chi connectivity index (χ0v) is 15.6. The lowest BCUT2D eigenvalue weighted by atomic mass is 9.68. The number of hydrogen-bond donors (Lipinski definition) is 2. The molecule has 2 aromatic carbocycles. The van der Waals surface area contributed by atoms with E-state index in [0.717, 1.165) is 5.56 Å². The van der Waals surface area contributed by atoms with E-state index in [2.05, 4.69) is 5.32 Å². The number of allylic oxidation sites excluding steroid dienone is 1. The molecule has 4 rings (SSSR count). The standard InChI is InChI=1S/C22H17N3O4/c1-13-18(20(26)28-12-14-7-3-2-4-8-14)22(16(11-23)19(24)29-13)15-9-5-6-10-17(15)25-21(22)27/h2-10H,12,24H2,1H3,(H,25,27). The molecular formula is C22H17N3O4. The van der Waals surface area contributed by atoms with E-state index >= 15 is 0 Å². The van der Waals surface area contributed by atoms with Crippen molar-refractivity contribution < 1.29 is 19.1 Å². The highest BCUT2D eigenvalue weighted by atomic mass is 16.5. The Kier molecular flexibility index (Phi) is 4.32. The molecule has 1 unspecified atom stereocenters. The molecule has 0 radical (unpaired) electrons. The smallest absolute Gasteiger partial charge is 0.339 e. The summed E-state index contributed by atoms with van der Waals surface area (Å²) in [5.74, 6) is -1.39. The van der Waals surface area contributed by atoms with Crippen molar-refractivity contribution in [3.63, 3.8) is 0 Å². The average Bonchev–Trinajstić information content (AvgIpc) is 2.99. The molecule has 0 saturated carbocycles. The van der Waals surface area contributed by atoms with Gasteiger partial charge in [0, 0.05) is 11.3 Å². The first-order valence-corrected chi connectivity index (χ1v) is 8.91. The van der Waals surface area contributed by atoms with Gasteiger partial charge in [-0.1, -0.05) is 48.5 Å². The highest BCUT2D eigenvalue weighted by Crippen LogP contribution is 2.51. The summed E-state index contributed by atoms with van der Waals surface area (Å²) in [6.45, 7) is 1.53. The molecule has 0 aliphatic carbocycles. The first-order chi connectivity index (χ1) is 14.0. The third kappa shape index (κ3) is 2.65. The molecular weight excluding hydrogens is 370 g/mol. The number of amides is 1. The van der Waals surface area contributed by atoms with Crippen molar-refractivity contribution in [2.45, 2.75) is 18.9 Å². The number of ether oxygens (including phenoxy) is 2. The molecule has 1 spiro atoms. The maximum absolute atomic E-state index is 13.2. The van der Waals surface area contributed by atoms with E-state index in [0.29, 0.717) is 11.3 Å². The lowest BCUT2D eigenvalue weighted by Gasteiger charge is -2.33. The van der Waals surface area contributed by atoms with Crippen molar-refractivity contribution in [3.05, 3.63) is 88.5 Å². The number of benzene rings is 2. The highest BCUT2D eigenvalue weighted by molar-refractivity contribution is 6.17. The Labute approximate surface area is 167 Å². The highest BCUT2D eigenvalue weighted by Gasteiger charge is 2.59. The molecule has 29 heavy (non-hydrogen) atoms. The van der Waals surface area contributed by atoms with E-state index < -0.39 is 17.3 Å². The largest absolute Gasteiger partial charge is 0.457 e. The van der Waals surface area contributed by atoms with Gasteiger partial charge >= 0.3 is 5.97 Å². The molecule has 2 aromatic rings. The lowest BCUT2D eigenvalue weighted by Crippen LogP contribution is -2.45. The van der Waals surface area contributed by atoms with E-state index in [1.54, 1.807) is 24.3 Å². The number of para-hydroxylation sites is 1. The average molecular weight is 387 g/mol. The van der Waals surface area contributed by atoms with Crippen LogP contribution in [0.3, 0.4) is 0 Å². The van der Waals surface area contributed by atoms with E-state index in [4.69, 9.17) is 15.2 Å². The van der Waals surface area contributed by atoms with Gasteiger partial charge < -0.3 is 20.5 Å². The molecule has 3 N–H and O–H groups in total. The van der Waals surface area contributed by atoms with Crippen LogP contribution in [0.5, 0.6) is 0 Å². The fourth-order valence-corrected chi connectivity index (χ4v) is 3.83. The Morgan fingerprint density at radius 1 is 1.21 bits per heavy atom. The monoisotopic (exact) mass is 387 g/mol. The van der Waals surface area contributed by atoms with Gasteiger partial charge in [-0.05, 0) is 18.6 Å². The van der Waals surface area contributed by atoms with Crippen molar-refractivity contribution >= 4 is 17.6 Å². The summed E-state index contributed by atoms with van der Waals surface area (Å²) in [5, 5.41) is 12.5. The molecule has 2 aliphatic rings. The van der Waals surface area contributed by atoms with Crippen LogP contribution in [0, 0.1) is 11.3 Å². The van der Waals surface area contributed by atoms with Crippen molar-refractivity contribution in [2.24, 2.45) is 5.73 Å². The summed E-state index contributed by atoms with van der Waals surface area (Å²) in [4.78, 5) is 26.4. The van der Waals surface area contributed by atoms with E-state index in [-0.39, 0.29) is 29.4 Å². The topological polar surface area (TPSA) is 114 Å². The molecule has 144 valence electrons. The Hall–Kier alpha value is -4.05. The maximum atomic E-state index is 13.2. The fraction of sp³-hybridized carbons (Fsp3) is 0.136. The summed E-state index contributed by atoms with van der Waals surface area (Å²) < 4.78 is 10.9. The minimum Gasteiger partial charge on any atom is -0.457 e. The maximum Gasteiger partial charge on any atom is 0.339 e. The Morgan fingerprint density at radius 3 is 2.62 bits per heavy atom. The predicted molar refractivity (Wildman–Crippen MR) is 104 cm³/mol. The van der Waals surface area contributed by atoms with Crippen molar-refractivity contribution in [1.29, 1.82) is 5.26 Å². The number of nitrogens with two attached hydrogens (primary N) is 1. The zero-order chi connectivity index (χ0) is 20.6. The molecule has 2 aliphatic heterocycles. The molecule has 1 amide bonds. The number of carbonyl (C=O) groups excluding carboxylic acids is 2. The molecule has 0 aromatic heterocycles. The molecule has 7 heteroatoms.